The first-order valence-corrected chi connectivity index (χ1v) is 6.97. The highest BCUT2D eigenvalue weighted by Crippen LogP contribution is 2.13. The molecule has 0 unspecified atom stereocenters. The van der Waals surface area contributed by atoms with Crippen LogP contribution in [0.25, 0.3) is 0 Å². The van der Waals surface area contributed by atoms with E-state index in [0.717, 1.165) is 32.5 Å². The Hall–Kier alpha value is -1.35. The average molecular weight is 264 g/mol. The number of carbonyl (C=O) groups excluding carboxylic acids is 1. The molecule has 0 heterocycles. The van der Waals surface area contributed by atoms with Gasteiger partial charge in [0.1, 0.15) is 5.75 Å². The van der Waals surface area contributed by atoms with E-state index in [9.17, 15) is 4.79 Å². The molecule has 1 atom stereocenters. The van der Waals surface area contributed by atoms with E-state index < -0.39 is 0 Å². The molecule has 0 fully saturated rings. The average Bonchev–Trinajstić information content (AvgIpc) is 2.39. The maximum atomic E-state index is 10.8. The van der Waals surface area contributed by atoms with Crippen molar-refractivity contribution in [2.24, 2.45) is 5.92 Å². The lowest BCUT2D eigenvalue weighted by Crippen LogP contribution is -2.06. The Balaban J connectivity index is 2.21. The van der Waals surface area contributed by atoms with Gasteiger partial charge in [0.2, 0.25) is 0 Å². The molecule has 3 heteroatoms. The molecule has 19 heavy (non-hydrogen) atoms. The topological polar surface area (TPSA) is 35.5 Å². The zero-order valence-electron chi connectivity index (χ0n) is 12.1. The van der Waals surface area contributed by atoms with Crippen LogP contribution in [0.2, 0.25) is 0 Å². The Bertz CT molecular complexity index is 370. The van der Waals surface area contributed by atoms with Crippen molar-refractivity contribution in [1.29, 1.82) is 0 Å². The van der Waals surface area contributed by atoms with Crippen LogP contribution in [-0.4, -0.2) is 19.2 Å². The highest BCUT2D eigenvalue weighted by atomic mass is 16.5. The van der Waals surface area contributed by atoms with E-state index in [-0.39, 0.29) is 5.97 Å². The summed E-state index contributed by atoms with van der Waals surface area (Å²) in [6.07, 6.45) is 3.17. The highest BCUT2D eigenvalue weighted by molar-refractivity contribution is 5.69. The highest BCUT2D eigenvalue weighted by Gasteiger charge is 2.00. The van der Waals surface area contributed by atoms with Gasteiger partial charge in [0.05, 0.1) is 0 Å². The minimum absolute atomic E-state index is 0.286. The van der Waals surface area contributed by atoms with E-state index in [2.05, 4.69) is 13.8 Å². The second-order valence-corrected chi connectivity index (χ2v) is 4.93. The fraction of sp³-hybridized carbons (Fsp3) is 0.562. The summed E-state index contributed by atoms with van der Waals surface area (Å²) in [6, 6.07) is 7.65. The number of hydrogen-bond donors (Lipinski definition) is 0. The molecule has 0 N–H and O–H groups in total. The van der Waals surface area contributed by atoms with Crippen LogP contribution in [0.4, 0.5) is 0 Å². The van der Waals surface area contributed by atoms with Gasteiger partial charge >= 0.3 is 5.97 Å². The third-order valence-electron chi connectivity index (χ3n) is 3.04. The molecule has 0 saturated carbocycles. The van der Waals surface area contributed by atoms with Crippen molar-refractivity contribution in [1.82, 2.24) is 0 Å². The zero-order chi connectivity index (χ0) is 14.1. The van der Waals surface area contributed by atoms with Crippen molar-refractivity contribution >= 4 is 5.97 Å². The Morgan fingerprint density at radius 3 is 2.53 bits per heavy atom. The Morgan fingerprint density at radius 2 is 1.95 bits per heavy atom. The van der Waals surface area contributed by atoms with Gasteiger partial charge in [-0.2, -0.15) is 0 Å². The number of aryl methyl sites for hydroxylation is 1. The quantitative estimate of drug-likeness (QED) is 0.409. The molecule has 0 aromatic heterocycles. The number of hydrogen-bond acceptors (Lipinski definition) is 3. The first kappa shape index (κ1) is 15.7. The molecule has 1 aromatic rings. The fourth-order valence-corrected chi connectivity index (χ4v) is 1.67. The largest absolute Gasteiger partial charge is 0.427 e. The van der Waals surface area contributed by atoms with Gasteiger partial charge < -0.3 is 9.47 Å². The maximum absolute atomic E-state index is 10.8. The van der Waals surface area contributed by atoms with Crippen LogP contribution in [-0.2, 0) is 16.0 Å². The second-order valence-electron chi connectivity index (χ2n) is 4.93. The summed E-state index contributed by atoms with van der Waals surface area (Å²) in [5, 5.41) is 0. The van der Waals surface area contributed by atoms with Gasteiger partial charge in [-0.25, -0.2) is 0 Å². The summed E-state index contributed by atoms with van der Waals surface area (Å²) < 4.78 is 10.6. The zero-order valence-corrected chi connectivity index (χ0v) is 12.1. The standard InChI is InChI=1S/C16H24O3/c1-4-13(2)12-18-11-5-6-15-7-9-16(10-8-15)19-14(3)17/h7-10,13H,4-6,11-12H2,1-3H3/t13-/m0/s1. The van der Waals surface area contributed by atoms with Crippen LogP contribution in [0.1, 0.15) is 39.2 Å². The molecule has 0 saturated heterocycles. The molecule has 0 radical (unpaired) electrons. The Morgan fingerprint density at radius 1 is 1.26 bits per heavy atom. The monoisotopic (exact) mass is 264 g/mol. The van der Waals surface area contributed by atoms with Crippen LogP contribution in [0.3, 0.4) is 0 Å². The summed E-state index contributed by atoms with van der Waals surface area (Å²) in [5.41, 5.74) is 1.24. The molecule has 3 nitrogen and oxygen atoms in total. The van der Waals surface area contributed by atoms with E-state index in [1.54, 1.807) is 0 Å². The lowest BCUT2D eigenvalue weighted by molar-refractivity contribution is -0.131. The Kier molecular flexibility index (Phi) is 7.19. The molecule has 106 valence electrons. The minimum atomic E-state index is -0.286. The molecular weight excluding hydrogens is 240 g/mol. The van der Waals surface area contributed by atoms with Crippen molar-refractivity contribution in [3.05, 3.63) is 29.8 Å². The van der Waals surface area contributed by atoms with Gasteiger partial charge in [0.15, 0.2) is 0 Å². The van der Waals surface area contributed by atoms with E-state index in [1.807, 2.05) is 24.3 Å². The van der Waals surface area contributed by atoms with Gasteiger partial charge in [0, 0.05) is 20.1 Å². The van der Waals surface area contributed by atoms with Gasteiger partial charge in [-0.1, -0.05) is 32.4 Å². The summed E-state index contributed by atoms with van der Waals surface area (Å²) >= 11 is 0. The first-order chi connectivity index (χ1) is 9.11. The molecule has 0 amide bonds. The van der Waals surface area contributed by atoms with Gasteiger partial charge in [-0.05, 0) is 36.5 Å². The minimum Gasteiger partial charge on any atom is -0.427 e. The van der Waals surface area contributed by atoms with Crippen molar-refractivity contribution in [2.45, 2.75) is 40.0 Å². The number of ether oxygens (including phenoxy) is 2. The predicted molar refractivity (Wildman–Crippen MR) is 76.3 cm³/mol. The number of carbonyl (C=O) groups is 1. The molecule has 1 aromatic carbocycles. The number of rotatable bonds is 8. The van der Waals surface area contributed by atoms with Crippen LogP contribution >= 0.6 is 0 Å². The van der Waals surface area contributed by atoms with E-state index in [4.69, 9.17) is 9.47 Å². The number of esters is 1. The molecular formula is C16H24O3. The molecule has 0 aliphatic heterocycles. The Labute approximate surface area is 115 Å². The SMILES string of the molecule is CC[C@H](C)COCCCc1ccc(OC(C)=O)cc1. The van der Waals surface area contributed by atoms with Crippen LogP contribution in [0.15, 0.2) is 24.3 Å². The third kappa shape index (κ3) is 6.97. The lowest BCUT2D eigenvalue weighted by atomic mass is 10.1. The summed E-state index contributed by atoms with van der Waals surface area (Å²) in [5.74, 6) is 0.957. The van der Waals surface area contributed by atoms with Crippen LogP contribution in [0, 0.1) is 5.92 Å². The van der Waals surface area contributed by atoms with Crippen molar-refractivity contribution in [2.75, 3.05) is 13.2 Å². The van der Waals surface area contributed by atoms with Gasteiger partial charge in [-0.15, -0.1) is 0 Å². The fourth-order valence-electron chi connectivity index (χ4n) is 1.67. The van der Waals surface area contributed by atoms with Gasteiger partial charge in [-0.3, -0.25) is 4.79 Å². The van der Waals surface area contributed by atoms with Crippen LogP contribution in [0.5, 0.6) is 5.75 Å². The third-order valence-corrected chi connectivity index (χ3v) is 3.04. The number of benzene rings is 1. The lowest BCUT2D eigenvalue weighted by Gasteiger charge is -2.09. The van der Waals surface area contributed by atoms with Crippen molar-refractivity contribution in [3.63, 3.8) is 0 Å². The predicted octanol–water partition coefficient (Wildman–Crippen LogP) is 3.61. The maximum Gasteiger partial charge on any atom is 0.308 e. The molecule has 0 spiro atoms. The summed E-state index contributed by atoms with van der Waals surface area (Å²) in [6.45, 7) is 7.44. The molecule has 0 aliphatic rings. The van der Waals surface area contributed by atoms with Crippen LogP contribution < -0.4 is 4.74 Å². The smallest absolute Gasteiger partial charge is 0.308 e. The summed E-state index contributed by atoms with van der Waals surface area (Å²) in [7, 11) is 0. The van der Waals surface area contributed by atoms with Crippen molar-refractivity contribution in [3.8, 4) is 5.75 Å². The molecule has 0 bridgehead atoms. The summed E-state index contributed by atoms with van der Waals surface area (Å²) in [4.78, 5) is 10.8. The second kappa shape index (κ2) is 8.70. The molecule has 1 rings (SSSR count). The van der Waals surface area contributed by atoms with E-state index in [1.165, 1.54) is 12.5 Å². The van der Waals surface area contributed by atoms with E-state index >= 15 is 0 Å². The molecule has 0 aliphatic carbocycles. The van der Waals surface area contributed by atoms with Gasteiger partial charge in [0.25, 0.3) is 0 Å². The first-order valence-electron chi connectivity index (χ1n) is 6.97. The van der Waals surface area contributed by atoms with Crippen molar-refractivity contribution < 1.29 is 14.3 Å². The normalized spacial score (nSPS) is 12.2. The van der Waals surface area contributed by atoms with E-state index in [0.29, 0.717) is 11.7 Å².